The maximum absolute atomic E-state index is 11.0. The van der Waals surface area contributed by atoms with Crippen LogP contribution in [0.2, 0.25) is 0 Å². The molecule has 0 amide bonds. The summed E-state index contributed by atoms with van der Waals surface area (Å²) in [5.74, 6) is -0.0216. The SMILES string of the molecule is N#CNCCCCCCS(=O)(=O)NC#N. The van der Waals surface area contributed by atoms with Crippen molar-refractivity contribution in [2.75, 3.05) is 12.3 Å². The van der Waals surface area contributed by atoms with Crippen molar-refractivity contribution in [3.8, 4) is 12.4 Å². The third kappa shape index (κ3) is 8.85. The van der Waals surface area contributed by atoms with Crippen molar-refractivity contribution in [2.24, 2.45) is 0 Å². The first-order valence-electron chi connectivity index (χ1n) is 4.63. The van der Waals surface area contributed by atoms with E-state index in [9.17, 15) is 8.42 Å². The Morgan fingerprint density at radius 3 is 2.27 bits per heavy atom. The first kappa shape index (κ1) is 13.5. The molecule has 0 unspecified atom stereocenters. The molecule has 7 heteroatoms. The third-order valence-electron chi connectivity index (χ3n) is 1.75. The van der Waals surface area contributed by atoms with Crippen molar-refractivity contribution >= 4 is 10.0 Å². The van der Waals surface area contributed by atoms with E-state index in [-0.39, 0.29) is 5.75 Å². The average Bonchev–Trinajstić information content (AvgIpc) is 2.16. The summed E-state index contributed by atoms with van der Waals surface area (Å²) in [5.41, 5.74) is 0. The minimum absolute atomic E-state index is 0.0216. The Kier molecular flexibility index (Phi) is 7.12. The van der Waals surface area contributed by atoms with E-state index in [1.165, 1.54) is 6.19 Å². The van der Waals surface area contributed by atoms with Gasteiger partial charge in [0.1, 0.15) is 0 Å². The fourth-order valence-corrected chi connectivity index (χ4v) is 1.86. The van der Waals surface area contributed by atoms with Gasteiger partial charge in [-0.05, 0) is 12.8 Å². The van der Waals surface area contributed by atoms with Crippen molar-refractivity contribution in [1.29, 1.82) is 10.5 Å². The molecule has 0 spiro atoms. The summed E-state index contributed by atoms with van der Waals surface area (Å²) in [6.45, 7) is 0.625. The van der Waals surface area contributed by atoms with Crippen molar-refractivity contribution < 1.29 is 8.42 Å². The summed E-state index contributed by atoms with van der Waals surface area (Å²) in [7, 11) is -3.41. The number of hydrogen-bond acceptors (Lipinski definition) is 5. The number of sulfonamides is 1. The number of nitrogens with one attached hydrogen (secondary N) is 2. The lowest BCUT2D eigenvalue weighted by molar-refractivity contribution is 0.582. The molecule has 0 saturated heterocycles. The molecule has 0 saturated carbocycles. The summed E-state index contributed by atoms with van der Waals surface area (Å²) in [6.07, 6.45) is 6.23. The standard InChI is InChI=1S/C8H14N4O2S/c9-7-11-5-3-1-2-4-6-15(13,14)12-8-10/h11-12H,1-6H2. The van der Waals surface area contributed by atoms with Gasteiger partial charge in [-0.25, -0.2) is 13.1 Å². The molecule has 0 radical (unpaired) electrons. The summed E-state index contributed by atoms with van der Waals surface area (Å²) < 4.78 is 23.7. The summed E-state index contributed by atoms with van der Waals surface area (Å²) in [6, 6.07) is 0. The molecule has 0 heterocycles. The smallest absolute Gasteiger partial charge is 0.240 e. The number of hydrogen-bond donors (Lipinski definition) is 2. The van der Waals surface area contributed by atoms with Gasteiger partial charge in [-0.1, -0.05) is 12.8 Å². The van der Waals surface area contributed by atoms with E-state index in [4.69, 9.17) is 10.5 Å². The summed E-state index contributed by atoms with van der Waals surface area (Å²) >= 11 is 0. The molecular formula is C8H14N4O2S. The van der Waals surface area contributed by atoms with E-state index in [0.717, 1.165) is 19.3 Å². The highest BCUT2D eigenvalue weighted by Gasteiger charge is 2.07. The second kappa shape index (κ2) is 7.89. The first-order valence-corrected chi connectivity index (χ1v) is 6.28. The Morgan fingerprint density at radius 1 is 1.00 bits per heavy atom. The predicted octanol–water partition coefficient (Wildman–Crippen LogP) is 0.0180. The van der Waals surface area contributed by atoms with E-state index in [1.807, 2.05) is 6.19 Å². The van der Waals surface area contributed by atoms with Crippen molar-refractivity contribution in [3.63, 3.8) is 0 Å². The average molecular weight is 230 g/mol. The lowest BCUT2D eigenvalue weighted by Crippen LogP contribution is -2.21. The van der Waals surface area contributed by atoms with Crippen LogP contribution >= 0.6 is 0 Å². The lowest BCUT2D eigenvalue weighted by Gasteiger charge is -2.01. The van der Waals surface area contributed by atoms with Gasteiger partial charge in [0.15, 0.2) is 12.4 Å². The second-order valence-electron chi connectivity index (χ2n) is 2.99. The lowest BCUT2D eigenvalue weighted by atomic mass is 10.2. The van der Waals surface area contributed by atoms with Crippen LogP contribution in [0, 0.1) is 22.9 Å². The van der Waals surface area contributed by atoms with Crippen molar-refractivity contribution in [3.05, 3.63) is 0 Å². The summed E-state index contributed by atoms with van der Waals surface area (Å²) in [4.78, 5) is 0. The molecule has 0 aromatic heterocycles. The van der Waals surface area contributed by atoms with Crippen LogP contribution in [-0.4, -0.2) is 20.7 Å². The topological polar surface area (TPSA) is 106 Å². The Labute approximate surface area is 89.9 Å². The molecule has 0 fully saturated rings. The molecule has 0 rings (SSSR count). The monoisotopic (exact) mass is 230 g/mol. The van der Waals surface area contributed by atoms with Gasteiger partial charge in [0.05, 0.1) is 5.75 Å². The van der Waals surface area contributed by atoms with Crippen LogP contribution in [0.4, 0.5) is 0 Å². The Morgan fingerprint density at radius 2 is 1.67 bits per heavy atom. The highest BCUT2D eigenvalue weighted by atomic mass is 32.2. The summed E-state index contributed by atoms with van der Waals surface area (Å²) in [5, 5.41) is 18.8. The van der Waals surface area contributed by atoms with Crippen molar-refractivity contribution in [2.45, 2.75) is 25.7 Å². The zero-order valence-corrected chi connectivity index (χ0v) is 9.18. The zero-order valence-electron chi connectivity index (χ0n) is 8.36. The second-order valence-corrected chi connectivity index (χ2v) is 4.83. The quantitative estimate of drug-likeness (QED) is 0.347. The Hall–Kier alpha value is -1.47. The maximum Gasteiger partial charge on any atom is 0.240 e. The maximum atomic E-state index is 11.0. The molecule has 0 aliphatic carbocycles. The molecular weight excluding hydrogens is 216 g/mol. The third-order valence-corrected chi connectivity index (χ3v) is 2.97. The van der Waals surface area contributed by atoms with Gasteiger partial charge < -0.3 is 5.32 Å². The van der Waals surface area contributed by atoms with E-state index in [1.54, 1.807) is 4.72 Å². The van der Waals surface area contributed by atoms with Crippen LogP contribution in [0.15, 0.2) is 0 Å². The highest BCUT2D eigenvalue weighted by Crippen LogP contribution is 2.00. The molecule has 2 N–H and O–H groups in total. The molecule has 6 nitrogen and oxygen atoms in total. The zero-order chi connectivity index (χ0) is 11.6. The van der Waals surface area contributed by atoms with Crippen LogP contribution in [0.25, 0.3) is 0 Å². The minimum atomic E-state index is -3.41. The normalized spacial score (nSPS) is 10.0. The number of nitriles is 2. The van der Waals surface area contributed by atoms with Crippen LogP contribution in [0.5, 0.6) is 0 Å². The largest absolute Gasteiger partial charge is 0.324 e. The van der Waals surface area contributed by atoms with Crippen LogP contribution in [-0.2, 0) is 10.0 Å². The molecule has 0 atom stereocenters. The molecule has 84 valence electrons. The Bertz CT molecular complexity index is 339. The number of unbranched alkanes of at least 4 members (excludes halogenated alkanes) is 3. The number of nitrogens with zero attached hydrogens (tertiary/aromatic N) is 2. The fraction of sp³-hybridized carbons (Fsp3) is 0.750. The van der Waals surface area contributed by atoms with E-state index in [0.29, 0.717) is 13.0 Å². The van der Waals surface area contributed by atoms with Gasteiger partial charge in [-0.3, -0.25) is 0 Å². The van der Waals surface area contributed by atoms with E-state index in [2.05, 4.69) is 5.32 Å². The molecule has 0 bridgehead atoms. The molecule has 0 aliphatic heterocycles. The van der Waals surface area contributed by atoms with Crippen LogP contribution in [0.3, 0.4) is 0 Å². The van der Waals surface area contributed by atoms with Gasteiger partial charge in [-0.15, -0.1) is 0 Å². The van der Waals surface area contributed by atoms with E-state index < -0.39 is 10.0 Å². The van der Waals surface area contributed by atoms with Crippen LogP contribution < -0.4 is 10.0 Å². The Balaban J connectivity index is 3.40. The van der Waals surface area contributed by atoms with E-state index >= 15 is 0 Å². The van der Waals surface area contributed by atoms with Gasteiger partial charge in [0.2, 0.25) is 10.0 Å². The predicted molar refractivity (Wildman–Crippen MR) is 54.6 cm³/mol. The van der Waals surface area contributed by atoms with Gasteiger partial charge in [0.25, 0.3) is 0 Å². The van der Waals surface area contributed by atoms with Gasteiger partial charge in [0, 0.05) is 6.54 Å². The van der Waals surface area contributed by atoms with Crippen LogP contribution in [0.1, 0.15) is 25.7 Å². The fourth-order valence-electron chi connectivity index (χ4n) is 1.04. The van der Waals surface area contributed by atoms with Crippen molar-refractivity contribution in [1.82, 2.24) is 10.0 Å². The molecule has 0 aromatic carbocycles. The van der Waals surface area contributed by atoms with Gasteiger partial charge in [-0.2, -0.15) is 10.5 Å². The highest BCUT2D eigenvalue weighted by molar-refractivity contribution is 7.89. The molecule has 0 aromatic rings. The number of rotatable bonds is 8. The van der Waals surface area contributed by atoms with Gasteiger partial charge >= 0.3 is 0 Å². The first-order chi connectivity index (χ1) is 7.12. The molecule has 0 aliphatic rings. The minimum Gasteiger partial charge on any atom is -0.324 e. The molecule has 15 heavy (non-hydrogen) atoms.